The van der Waals surface area contributed by atoms with Crippen LogP contribution in [0.3, 0.4) is 0 Å². The van der Waals surface area contributed by atoms with E-state index in [0.717, 1.165) is 33.6 Å². The van der Waals surface area contributed by atoms with E-state index in [0.29, 0.717) is 0 Å². The number of furan rings is 1. The van der Waals surface area contributed by atoms with Crippen LogP contribution in [0.4, 0.5) is 17.1 Å². The monoisotopic (exact) mass is 666 g/mol. The summed E-state index contributed by atoms with van der Waals surface area (Å²) in [5.74, 6) is 0. The third kappa shape index (κ3) is 3.96. The van der Waals surface area contributed by atoms with Crippen LogP contribution in [0.5, 0.6) is 0 Å². The van der Waals surface area contributed by atoms with Gasteiger partial charge in [0.1, 0.15) is 11.2 Å². The number of aromatic nitrogens is 1. The molecule has 2 aromatic heterocycles. The Morgan fingerprint density at radius 3 is 1.90 bits per heavy atom. The molecule has 1 aliphatic rings. The van der Waals surface area contributed by atoms with Crippen LogP contribution in [0, 0.1) is 0 Å². The maximum atomic E-state index is 6.69. The number of anilines is 3. The lowest BCUT2D eigenvalue weighted by molar-refractivity contribution is 0.630. The summed E-state index contributed by atoms with van der Waals surface area (Å²) in [5.41, 5.74) is 13.8. The van der Waals surface area contributed by atoms with Crippen LogP contribution in [-0.4, -0.2) is 4.57 Å². The van der Waals surface area contributed by atoms with Crippen LogP contribution in [0.15, 0.2) is 174 Å². The molecule has 8 aromatic carbocycles. The van der Waals surface area contributed by atoms with Crippen molar-refractivity contribution < 1.29 is 4.42 Å². The molecule has 0 saturated heterocycles. The molecule has 3 heteroatoms. The van der Waals surface area contributed by atoms with E-state index in [2.05, 4.69) is 193 Å². The molecule has 0 unspecified atom stereocenters. The molecule has 0 radical (unpaired) electrons. The molecule has 0 fully saturated rings. The van der Waals surface area contributed by atoms with Gasteiger partial charge in [0.05, 0.1) is 27.8 Å². The van der Waals surface area contributed by atoms with Crippen LogP contribution in [0.2, 0.25) is 0 Å². The Kier molecular flexibility index (Phi) is 6.01. The third-order valence-electron chi connectivity index (χ3n) is 11.3. The van der Waals surface area contributed by atoms with Gasteiger partial charge in [0.2, 0.25) is 0 Å². The van der Waals surface area contributed by atoms with Gasteiger partial charge in [0, 0.05) is 38.3 Å². The molecule has 1 aliphatic heterocycles. The highest BCUT2D eigenvalue weighted by atomic mass is 16.3. The van der Waals surface area contributed by atoms with Crippen molar-refractivity contribution >= 4 is 71.6 Å². The Labute approximate surface area is 301 Å². The van der Waals surface area contributed by atoms with Crippen LogP contribution in [0.1, 0.15) is 25.0 Å². The summed E-state index contributed by atoms with van der Waals surface area (Å²) >= 11 is 0. The molecule has 0 atom stereocenters. The number of fused-ring (bicyclic) bond motifs is 10. The van der Waals surface area contributed by atoms with Crippen LogP contribution < -0.4 is 4.90 Å². The number of hydrogen-bond acceptors (Lipinski definition) is 2. The average Bonchev–Trinajstić information content (AvgIpc) is 3.74. The molecule has 0 N–H and O–H groups in total. The van der Waals surface area contributed by atoms with Gasteiger partial charge in [0.15, 0.2) is 0 Å². The van der Waals surface area contributed by atoms with Gasteiger partial charge in [-0.15, -0.1) is 0 Å². The number of benzene rings is 8. The number of rotatable bonds is 4. The Bertz CT molecular complexity index is 3000. The second kappa shape index (κ2) is 10.7. The van der Waals surface area contributed by atoms with Crippen LogP contribution >= 0.6 is 0 Å². The van der Waals surface area contributed by atoms with E-state index in [-0.39, 0.29) is 5.41 Å². The summed E-state index contributed by atoms with van der Waals surface area (Å²) in [6.45, 7) is 4.75. The summed E-state index contributed by atoms with van der Waals surface area (Å²) in [7, 11) is 0. The van der Waals surface area contributed by atoms with Gasteiger partial charge < -0.3 is 13.9 Å². The highest BCUT2D eigenvalue weighted by Gasteiger charge is 2.37. The molecule has 246 valence electrons. The predicted molar refractivity (Wildman–Crippen MR) is 218 cm³/mol. The second-order valence-corrected chi connectivity index (χ2v) is 14.5. The third-order valence-corrected chi connectivity index (χ3v) is 11.3. The lowest BCUT2D eigenvalue weighted by Crippen LogP contribution is -2.26. The van der Waals surface area contributed by atoms with Gasteiger partial charge in [-0.25, -0.2) is 0 Å². The molecule has 11 rings (SSSR count). The molecule has 3 nitrogen and oxygen atoms in total. The Morgan fingerprint density at radius 2 is 1.15 bits per heavy atom. The average molecular weight is 667 g/mol. The fraction of sp³-hybridized carbons (Fsp3) is 0.0612. The molecule has 10 aromatic rings. The van der Waals surface area contributed by atoms with E-state index in [1.54, 1.807) is 0 Å². The molecular formula is C49H34N2O. The molecule has 0 saturated carbocycles. The summed E-state index contributed by atoms with van der Waals surface area (Å²) in [6.07, 6.45) is 0. The lowest BCUT2D eigenvalue weighted by Gasteiger charge is -2.35. The van der Waals surface area contributed by atoms with E-state index in [4.69, 9.17) is 4.42 Å². The first-order chi connectivity index (χ1) is 25.6. The molecule has 0 aliphatic carbocycles. The van der Waals surface area contributed by atoms with Crippen molar-refractivity contribution in [3.05, 3.63) is 181 Å². The lowest BCUT2D eigenvalue weighted by atomic mass is 9.73. The first-order valence-electron chi connectivity index (χ1n) is 18.0. The SMILES string of the molecule is CC1(C)c2ccc(-c3ccc(N(c4ccccc4)c4ccccc4)c4ccccc34)cc2-n2c3ccccc3c3c4oc5ccccc5c4cc1c32. The van der Waals surface area contributed by atoms with Crippen molar-refractivity contribution in [1.82, 2.24) is 4.57 Å². The summed E-state index contributed by atoms with van der Waals surface area (Å²) in [4.78, 5) is 2.36. The van der Waals surface area contributed by atoms with Gasteiger partial charge >= 0.3 is 0 Å². The topological polar surface area (TPSA) is 21.3 Å². The van der Waals surface area contributed by atoms with Crippen molar-refractivity contribution in [1.29, 1.82) is 0 Å². The fourth-order valence-electron chi connectivity index (χ4n) is 8.93. The van der Waals surface area contributed by atoms with Gasteiger partial charge in [-0.2, -0.15) is 0 Å². The molecular weight excluding hydrogens is 633 g/mol. The maximum absolute atomic E-state index is 6.69. The highest BCUT2D eigenvalue weighted by molar-refractivity contribution is 6.25. The summed E-state index contributed by atoms with van der Waals surface area (Å²) in [5, 5.41) is 7.18. The minimum Gasteiger partial charge on any atom is -0.455 e. The smallest absolute Gasteiger partial charge is 0.145 e. The molecule has 0 amide bonds. The summed E-state index contributed by atoms with van der Waals surface area (Å²) < 4.78 is 9.18. The summed E-state index contributed by atoms with van der Waals surface area (Å²) in [6, 6.07) is 61.5. The molecule has 3 heterocycles. The Morgan fingerprint density at radius 1 is 0.519 bits per heavy atom. The van der Waals surface area contributed by atoms with Crippen LogP contribution in [-0.2, 0) is 5.41 Å². The number of nitrogens with zero attached hydrogens (tertiary/aromatic N) is 2. The molecule has 0 spiro atoms. The zero-order valence-electron chi connectivity index (χ0n) is 29.0. The van der Waals surface area contributed by atoms with Crippen molar-refractivity contribution in [3.63, 3.8) is 0 Å². The minimum absolute atomic E-state index is 0.235. The standard InChI is InChI=1S/C49H34N2O/c1-49(2)40-27-25-31(34-26-28-43(36-20-10-9-19-35(34)36)50(32-15-5-3-6-16-32)33-17-7-4-8-18-33)29-44(40)51-42-23-13-11-22-38(42)46-47(51)41(49)30-39-37-21-12-14-24-45(37)52-48(39)46/h3-30H,1-2H3. The highest BCUT2D eigenvalue weighted by Crippen LogP contribution is 2.52. The fourth-order valence-corrected chi connectivity index (χ4v) is 8.93. The number of hydrogen-bond donors (Lipinski definition) is 0. The predicted octanol–water partition coefficient (Wildman–Crippen LogP) is 13.6. The zero-order chi connectivity index (χ0) is 34.6. The van der Waals surface area contributed by atoms with Crippen molar-refractivity contribution in [2.24, 2.45) is 0 Å². The van der Waals surface area contributed by atoms with Crippen molar-refractivity contribution in [2.75, 3.05) is 4.90 Å². The Balaban J connectivity index is 1.17. The van der Waals surface area contributed by atoms with Crippen molar-refractivity contribution in [2.45, 2.75) is 19.3 Å². The van der Waals surface area contributed by atoms with Gasteiger partial charge in [-0.1, -0.05) is 129 Å². The quantitative estimate of drug-likeness (QED) is 0.186. The van der Waals surface area contributed by atoms with Gasteiger partial charge in [0.25, 0.3) is 0 Å². The van der Waals surface area contributed by atoms with Gasteiger partial charge in [-0.05, 0) is 82.2 Å². The largest absolute Gasteiger partial charge is 0.455 e. The van der Waals surface area contributed by atoms with E-state index in [1.807, 2.05) is 0 Å². The molecule has 52 heavy (non-hydrogen) atoms. The normalized spacial score (nSPS) is 13.3. The van der Waals surface area contributed by atoms with Gasteiger partial charge in [-0.3, -0.25) is 0 Å². The first kappa shape index (κ1) is 29.2. The van der Waals surface area contributed by atoms with E-state index < -0.39 is 0 Å². The maximum Gasteiger partial charge on any atom is 0.145 e. The number of para-hydroxylation sites is 4. The Hall–Kier alpha value is -6.58. The zero-order valence-corrected chi connectivity index (χ0v) is 29.0. The van der Waals surface area contributed by atoms with Crippen LogP contribution in [0.25, 0.3) is 71.3 Å². The minimum atomic E-state index is -0.235. The first-order valence-corrected chi connectivity index (χ1v) is 18.0. The van der Waals surface area contributed by atoms with E-state index in [9.17, 15) is 0 Å². The van der Waals surface area contributed by atoms with E-state index >= 15 is 0 Å². The van der Waals surface area contributed by atoms with Crippen molar-refractivity contribution in [3.8, 4) is 16.8 Å². The van der Waals surface area contributed by atoms with E-state index in [1.165, 1.54) is 65.9 Å². The molecule has 0 bridgehead atoms. The second-order valence-electron chi connectivity index (χ2n) is 14.5.